The maximum absolute atomic E-state index is 12.3. The molecule has 0 saturated heterocycles. The lowest BCUT2D eigenvalue weighted by Gasteiger charge is -2.19. The molecule has 1 aliphatic rings. The van der Waals surface area contributed by atoms with E-state index in [1.807, 2.05) is 49.4 Å². The molecule has 0 atom stereocenters. The number of hydrogen-bond donors (Lipinski definition) is 5. The van der Waals surface area contributed by atoms with E-state index in [4.69, 9.17) is 4.74 Å². The average molecular weight is 435 g/mol. The van der Waals surface area contributed by atoms with E-state index in [0.29, 0.717) is 41.7 Å². The standard InChI is InChI=1S/C23H25N5O4/c1-4-32-17-11-15(14-7-5-6-13(10-14)12-23(2,3)22(30)31)8-9-16(17)19-24-20-18(21(29)25-19)26-28-27-20/h5-11,26,28H,4,12H2,1-3H3,(H,30,31)(H2,24,25,27,29). The molecule has 0 spiro atoms. The van der Waals surface area contributed by atoms with Crippen LogP contribution < -0.4 is 26.7 Å². The van der Waals surface area contributed by atoms with Gasteiger partial charge < -0.3 is 14.8 Å². The summed E-state index contributed by atoms with van der Waals surface area (Å²) < 4.78 is 5.86. The van der Waals surface area contributed by atoms with E-state index in [9.17, 15) is 14.7 Å². The molecule has 0 radical (unpaired) electrons. The molecule has 166 valence electrons. The summed E-state index contributed by atoms with van der Waals surface area (Å²) in [7, 11) is 0. The van der Waals surface area contributed by atoms with Crippen molar-refractivity contribution < 1.29 is 14.6 Å². The van der Waals surface area contributed by atoms with Crippen LogP contribution in [0.4, 0.5) is 11.5 Å². The number of carboxylic acid groups (broad SMARTS) is 1. The topological polar surface area (TPSA) is 128 Å². The molecule has 1 aliphatic heterocycles. The number of nitrogens with zero attached hydrogens (tertiary/aromatic N) is 1. The van der Waals surface area contributed by atoms with Crippen molar-refractivity contribution in [2.45, 2.75) is 27.2 Å². The summed E-state index contributed by atoms with van der Waals surface area (Å²) in [5, 5.41) is 9.44. The van der Waals surface area contributed by atoms with Gasteiger partial charge in [0, 0.05) is 0 Å². The molecule has 32 heavy (non-hydrogen) atoms. The first-order valence-corrected chi connectivity index (χ1v) is 10.3. The number of carboxylic acids is 1. The van der Waals surface area contributed by atoms with Gasteiger partial charge in [0.25, 0.3) is 5.56 Å². The molecule has 3 aromatic rings. The zero-order valence-corrected chi connectivity index (χ0v) is 18.1. The van der Waals surface area contributed by atoms with Crippen LogP contribution in [-0.2, 0) is 11.2 Å². The molecule has 0 unspecified atom stereocenters. The average Bonchev–Trinajstić information content (AvgIpc) is 3.23. The molecule has 9 heteroatoms. The normalized spacial score (nSPS) is 12.6. The number of carbonyl (C=O) groups is 1. The molecule has 0 amide bonds. The Morgan fingerprint density at radius 3 is 2.66 bits per heavy atom. The fourth-order valence-corrected chi connectivity index (χ4v) is 3.58. The number of ether oxygens (including phenoxy) is 1. The Balaban J connectivity index is 1.72. The fraction of sp³-hybridized carbons (Fsp3) is 0.261. The summed E-state index contributed by atoms with van der Waals surface area (Å²) in [6.45, 7) is 5.77. The molecule has 0 saturated carbocycles. The predicted molar refractivity (Wildman–Crippen MR) is 122 cm³/mol. The van der Waals surface area contributed by atoms with Crippen LogP contribution in [0.2, 0.25) is 0 Å². The number of H-pyrrole nitrogens is 1. The third kappa shape index (κ3) is 4.15. The molecule has 4 rings (SSSR count). The molecule has 0 fully saturated rings. The maximum atomic E-state index is 12.3. The highest BCUT2D eigenvalue weighted by Crippen LogP contribution is 2.34. The van der Waals surface area contributed by atoms with Gasteiger partial charge in [0.15, 0.2) is 11.5 Å². The number of benzene rings is 2. The summed E-state index contributed by atoms with van der Waals surface area (Å²) in [5.74, 6) is 0.549. The number of rotatable bonds is 7. The summed E-state index contributed by atoms with van der Waals surface area (Å²) in [6, 6.07) is 13.5. The first-order valence-electron chi connectivity index (χ1n) is 10.3. The van der Waals surface area contributed by atoms with E-state index in [1.165, 1.54) is 0 Å². The zero-order valence-electron chi connectivity index (χ0n) is 18.1. The van der Waals surface area contributed by atoms with Crippen molar-refractivity contribution in [3.63, 3.8) is 0 Å². The van der Waals surface area contributed by atoms with E-state index in [2.05, 4.69) is 26.4 Å². The van der Waals surface area contributed by atoms with Gasteiger partial charge in [0.05, 0.1) is 17.6 Å². The van der Waals surface area contributed by atoms with Gasteiger partial charge in [0.1, 0.15) is 11.6 Å². The lowest BCUT2D eigenvalue weighted by atomic mass is 9.85. The minimum absolute atomic E-state index is 0.303. The monoisotopic (exact) mass is 435 g/mol. The van der Waals surface area contributed by atoms with Gasteiger partial charge in [-0.1, -0.05) is 30.3 Å². The Morgan fingerprint density at radius 1 is 1.12 bits per heavy atom. The van der Waals surface area contributed by atoms with Crippen LogP contribution in [-0.4, -0.2) is 27.7 Å². The molecule has 1 aromatic heterocycles. The number of hydrazine groups is 2. The van der Waals surface area contributed by atoms with E-state index in [1.54, 1.807) is 13.8 Å². The Bertz CT molecular complexity index is 1240. The Hall–Kier alpha value is -3.85. The van der Waals surface area contributed by atoms with Crippen LogP contribution in [0.15, 0.2) is 47.3 Å². The molecule has 0 aliphatic carbocycles. The Kier molecular flexibility index (Phi) is 5.58. The van der Waals surface area contributed by atoms with Crippen molar-refractivity contribution in [3.05, 3.63) is 58.4 Å². The van der Waals surface area contributed by atoms with Crippen molar-refractivity contribution >= 4 is 17.5 Å². The van der Waals surface area contributed by atoms with E-state index in [-0.39, 0.29) is 5.56 Å². The Labute approximate surface area is 184 Å². The van der Waals surface area contributed by atoms with E-state index >= 15 is 0 Å². The number of hydrogen-bond acceptors (Lipinski definition) is 7. The largest absolute Gasteiger partial charge is 0.493 e. The maximum Gasteiger partial charge on any atom is 0.309 e. The summed E-state index contributed by atoms with van der Waals surface area (Å²) >= 11 is 0. The summed E-state index contributed by atoms with van der Waals surface area (Å²) in [5.41, 5.74) is 10.8. The van der Waals surface area contributed by atoms with Gasteiger partial charge in [-0.05, 0) is 56.0 Å². The second-order valence-electron chi connectivity index (χ2n) is 8.22. The van der Waals surface area contributed by atoms with Gasteiger partial charge in [-0.2, -0.15) is 0 Å². The summed E-state index contributed by atoms with van der Waals surface area (Å²) in [6.07, 6.45) is 0.419. The fourth-order valence-electron chi connectivity index (χ4n) is 3.58. The first-order chi connectivity index (χ1) is 15.3. The van der Waals surface area contributed by atoms with Gasteiger partial charge in [-0.3, -0.25) is 20.4 Å². The Morgan fingerprint density at radius 2 is 1.91 bits per heavy atom. The predicted octanol–water partition coefficient (Wildman–Crippen LogP) is 3.41. The molecule has 9 nitrogen and oxygen atoms in total. The lowest BCUT2D eigenvalue weighted by molar-refractivity contribution is -0.146. The molecular formula is C23H25N5O4. The highest BCUT2D eigenvalue weighted by Gasteiger charge is 2.27. The number of fused-ring (bicyclic) bond motifs is 1. The quantitative estimate of drug-likeness (QED) is 0.382. The van der Waals surface area contributed by atoms with E-state index < -0.39 is 11.4 Å². The van der Waals surface area contributed by atoms with Gasteiger partial charge >= 0.3 is 5.97 Å². The molecule has 0 bridgehead atoms. The molecule has 2 aromatic carbocycles. The molecule has 2 heterocycles. The lowest BCUT2D eigenvalue weighted by Crippen LogP contribution is -2.26. The van der Waals surface area contributed by atoms with Crippen molar-refractivity contribution in [1.82, 2.24) is 15.5 Å². The van der Waals surface area contributed by atoms with Gasteiger partial charge in [-0.25, -0.2) is 4.98 Å². The van der Waals surface area contributed by atoms with Crippen molar-refractivity contribution in [2.75, 3.05) is 17.5 Å². The number of aliphatic carboxylic acids is 1. The highest BCUT2D eigenvalue weighted by atomic mass is 16.5. The highest BCUT2D eigenvalue weighted by molar-refractivity contribution is 5.77. The SMILES string of the molecule is CCOc1cc(-c2cccc(CC(C)(C)C(=O)O)c2)ccc1-c1nc2c(c(=O)[nH]1)NNN2. The minimum Gasteiger partial charge on any atom is -0.493 e. The second-order valence-corrected chi connectivity index (χ2v) is 8.22. The van der Waals surface area contributed by atoms with Crippen LogP contribution in [0.25, 0.3) is 22.5 Å². The van der Waals surface area contributed by atoms with E-state index in [0.717, 1.165) is 16.7 Å². The number of nitrogens with one attached hydrogen (secondary N) is 4. The number of aromatic amines is 1. The van der Waals surface area contributed by atoms with Crippen molar-refractivity contribution in [1.29, 1.82) is 0 Å². The van der Waals surface area contributed by atoms with Crippen LogP contribution in [0.1, 0.15) is 26.3 Å². The molecule has 5 N–H and O–H groups in total. The number of anilines is 2. The van der Waals surface area contributed by atoms with Gasteiger partial charge in [-0.15, -0.1) is 5.53 Å². The van der Waals surface area contributed by atoms with Crippen molar-refractivity contribution in [3.8, 4) is 28.3 Å². The third-order valence-electron chi connectivity index (χ3n) is 5.31. The summed E-state index contributed by atoms with van der Waals surface area (Å²) in [4.78, 5) is 31.1. The molecular weight excluding hydrogens is 410 g/mol. The van der Waals surface area contributed by atoms with Crippen LogP contribution in [0, 0.1) is 5.41 Å². The smallest absolute Gasteiger partial charge is 0.309 e. The number of aromatic nitrogens is 2. The zero-order chi connectivity index (χ0) is 22.9. The van der Waals surface area contributed by atoms with Crippen LogP contribution in [0.5, 0.6) is 5.75 Å². The minimum atomic E-state index is -0.859. The van der Waals surface area contributed by atoms with Gasteiger partial charge in [0.2, 0.25) is 0 Å². The van der Waals surface area contributed by atoms with Crippen molar-refractivity contribution in [2.24, 2.45) is 5.41 Å². The third-order valence-corrected chi connectivity index (χ3v) is 5.31. The second kappa shape index (κ2) is 8.35. The van der Waals surface area contributed by atoms with Crippen LogP contribution >= 0.6 is 0 Å². The van der Waals surface area contributed by atoms with Crippen LogP contribution in [0.3, 0.4) is 0 Å². The first kappa shape index (κ1) is 21.4.